The largest absolute Gasteiger partial charge is 0.506 e. The monoisotopic (exact) mass is 676 g/mol. The highest BCUT2D eigenvalue weighted by atomic mass is 35.5. The number of nitrogens with one attached hydrogen (secondary N) is 2. The zero-order valence-corrected chi connectivity index (χ0v) is 26.7. The highest BCUT2D eigenvalue weighted by Gasteiger charge is 2.36. The fourth-order valence-electron chi connectivity index (χ4n) is 4.70. The second kappa shape index (κ2) is 13.7. The molecule has 2 heterocycles. The molecule has 10 nitrogen and oxygen atoms in total. The van der Waals surface area contributed by atoms with Crippen LogP contribution in [-0.2, 0) is 25.2 Å². The van der Waals surface area contributed by atoms with Crippen molar-refractivity contribution in [2.75, 3.05) is 15.5 Å². The van der Waals surface area contributed by atoms with Crippen LogP contribution >= 0.6 is 23.2 Å². The molecule has 1 aliphatic rings. The fraction of sp³-hybridized carbons (Fsp3) is 0.121. The van der Waals surface area contributed by atoms with Crippen LogP contribution in [0, 0.1) is 6.92 Å². The Morgan fingerprint density at radius 3 is 2.35 bits per heavy atom. The number of carbonyl (C=O) groups excluding carboxylic acids is 4. The summed E-state index contributed by atoms with van der Waals surface area (Å²) in [6, 6.07) is 18.3. The number of aromatic nitrogens is 1. The first-order valence-corrected chi connectivity index (χ1v) is 15.9. The minimum absolute atomic E-state index is 0.108. The zero-order valence-electron chi connectivity index (χ0n) is 24.4. The summed E-state index contributed by atoms with van der Waals surface area (Å²) in [7, 11) is -1.80. The highest BCUT2D eigenvalue weighted by Crippen LogP contribution is 2.40. The van der Waals surface area contributed by atoms with Crippen LogP contribution in [0.5, 0.6) is 5.75 Å². The minimum Gasteiger partial charge on any atom is -0.506 e. The number of hydrogen-bond donors (Lipinski definition) is 3. The molecular formula is C33H26Cl2N4O6S. The van der Waals surface area contributed by atoms with E-state index >= 15 is 0 Å². The molecule has 0 aliphatic carbocycles. The summed E-state index contributed by atoms with van der Waals surface area (Å²) in [4.78, 5) is 58.9. The van der Waals surface area contributed by atoms with Crippen LogP contribution in [0.3, 0.4) is 0 Å². The Kier molecular flexibility index (Phi) is 9.66. The number of aromatic hydroxyl groups is 1. The molecule has 3 N–H and O–H groups in total. The molecule has 234 valence electrons. The van der Waals surface area contributed by atoms with Crippen molar-refractivity contribution in [2.45, 2.75) is 30.4 Å². The van der Waals surface area contributed by atoms with Crippen LogP contribution in [0.25, 0.3) is 5.57 Å². The molecule has 13 heteroatoms. The lowest BCUT2D eigenvalue weighted by Gasteiger charge is -2.23. The second-order valence-electron chi connectivity index (χ2n) is 10.2. The molecule has 5 rings (SSSR count). The molecule has 0 saturated carbocycles. The van der Waals surface area contributed by atoms with Gasteiger partial charge in [-0.15, -0.1) is 0 Å². The standard InChI is InChI=1S/C33H26Cl2N4O6S/c1-3-29(46(45)21-11-9-18(2)36-17-21)32(43)37-25-16-28(40)26(38-31(42)20-10-12-23(34)24(35)13-20)15-27(25)39-30(41)14-22(33(39)44)19-7-5-4-6-8-19/h4-17,29,40H,3H2,1-2H3,(H,37,43)(H,38,42). The Morgan fingerprint density at radius 1 is 0.957 bits per heavy atom. The lowest BCUT2D eigenvalue weighted by molar-refractivity contribution is -0.120. The van der Waals surface area contributed by atoms with Crippen LogP contribution in [0.2, 0.25) is 10.0 Å². The SMILES string of the molecule is CCC(C(=O)Nc1cc(O)c(NC(=O)c2ccc(Cl)c(Cl)c2)cc1N1C(=O)C=C(c2ccccc2)C1=O)S(=O)c1ccc(C)nc1. The zero-order chi connectivity index (χ0) is 33.1. The van der Waals surface area contributed by atoms with Crippen molar-refractivity contribution in [3.63, 3.8) is 0 Å². The number of anilines is 3. The van der Waals surface area contributed by atoms with Gasteiger partial charge in [0, 0.05) is 29.6 Å². The molecule has 1 aromatic heterocycles. The van der Waals surface area contributed by atoms with Crippen molar-refractivity contribution in [1.29, 1.82) is 0 Å². The normalized spacial score (nSPS) is 14.1. The maximum absolute atomic E-state index is 13.7. The van der Waals surface area contributed by atoms with E-state index in [0.717, 1.165) is 11.0 Å². The van der Waals surface area contributed by atoms with E-state index in [4.69, 9.17) is 23.2 Å². The lowest BCUT2D eigenvalue weighted by Crippen LogP contribution is -2.34. The lowest BCUT2D eigenvalue weighted by atomic mass is 10.1. The molecule has 0 saturated heterocycles. The van der Waals surface area contributed by atoms with Gasteiger partial charge in [0.2, 0.25) is 5.91 Å². The van der Waals surface area contributed by atoms with Crippen molar-refractivity contribution in [2.24, 2.45) is 0 Å². The van der Waals surface area contributed by atoms with Gasteiger partial charge in [0.1, 0.15) is 11.0 Å². The van der Waals surface area contributed by atoms with Gasteiger partial charge in [0.05, 0.1) is 48.4 Å². The minimum atomic E-state index is -1.80. The Hall–Kier alpha value is -4.84. The fourth-order valence-corrected chi connectivity index (χ4v) is 6.24. The summed E-state index contributed by atoms with van der Waals surface area (Å²) >= 11 is 12.0. The van der Waals surface area contributed by atoms with E-state index in [1.54, 1.807) is 56.3 Å². The van der Waals surface area contributed by atoms with Crippen molar-refractivity contribution in [1.82, 2.24) is 4.98 Å². The Bertz CT molecular complexity index is 1930. The number of halogens is 2. The molecule has 2 unspecified atom stereocenters. The average Bonchev–Trinajstić information content (AvgIpc) is 3.33. The van der Waals surface area contributed by atoms with E-state index in [2.05, 4.69) is 15.6 Å². The summed E-state index contributed by atoms with van der Waals surface area (Å²) in [6.07, 6.45) is 2.77. The predicted octanol–water partition coefficient (Wildman–Crippen LogP) is 6.14. The first-order chi connectivity index (χ1) is 22.0. The summed E-state index contributed by atoms with van der Waals surface area (Å²) in [5, 5.41) is 15.5. The summed E-state index contributed by atoms with van der Waals surface area (Å²) < 4.78 is 13.4. The number of benzene rings is 3. The quantitative estimate of drug-likeness (QED) is 0.143. The van der Waals surface area contributed by atoms with Gasteiger partial charge in [-0.05, 0) is 55.3 Å². The molecule has 0 radical (unpaired) electrons. The summed E-state index contributed by atoms with van der Waals surface area (Å²) in [5.74, 6) is -3.26. The number of aryl methyl sites for hydroxylation is 1. The van der Waals surface area contributed by atoms with E-state index in [-0.39, 0.29) is 44.7 Å². The highest BCUT2D eigenvalue weighted by molar-refractivity contribution is 7.86. The molecule has 4 amide bonds. The Labute approximate surface area is 276 Å². The number of nitrogens with zero attached hydrogens (tertiary/aromatic N) is 2. The van der Waals surface area contributed by atoms with Gasteiger partial charge < -0.3 is 15.7 Å². The molecule has 0 bridgehead atoms. The molecule has 4 aromatic rings. The Balaban J connectivity index is 1.53. The van der Waals surface area contributed by atoms with Gasteiger partial charge in [0.25, 0.3) is 17.7 Å². The molecule has 46 heavy (non-hydrogen) atoms. The number of amides is 4. The van der Waals surface area contributed by atoms with E-state index in [9.17, 15) is 28.5 Å². The molecule has 0 fully saturated rings. The van der Waals surface area contributed by atoms with Crippen molar-refractivity contribution >= 4 is 80.3 Å². The van der Waals surface area contributed by atoms with Crippen LogP contribution in [0.4, 0.5) is 17.1 Å². The van der Waals surface area contributed by atoms with Crippen LogP contribution < -0.4 is 15.5 Å². The van der Waals surface area contributed by atoms with E-state index < -0.39 is 45.4 Å². The number of phenols is 1. The van der Waals surface area contributed by atoms with E-state index in [0.29, 0.717) is 16.2 Å². The third-order valence-corrected chi connectivity index (χ3v) is 9.60. The molecule has 1 aliphatic heterocycles. The van der Waals surface area contributed by atoms with Gasteiger partial charge in [-0.1, -0.05) is 60.5 Å². The van der Waals surface area contributed by atoms with Gasteiger partial charge in [-0.2, -0.15) is 0 Å². The average molecular weight is 678 g/mol. The molecular weight excluding hydrogens is 651 g/mol. The van der Waals surface area contributed by atoms with Crippen molar-refractivity contribution in [3.05, 3.63) is 112 Å². The van der Waals surface area contributed by atoms with Gasteiger partial charge >= 0.3 is 0 Å². The maximum atomic E-state index is 13.7. The first kappa shape index (κ1) is 32.6. The van der Waals surface area contributed by atoms with Crippen LogP contribution in [-0.4, -0.2) is 43.2 Å². The van der Waals surface area contributed by atoms with E-state index in [1.165, 1.54) is 36.5 Å². The molecule has 0 spiro atoms. The number of carbonyl (C=O) groups is 4. The molecule has 3 aromatic carbocycles. The predicted molar refractivity (Wildman–Crippen MR) is 178 cm³/mol. The molecule has 2 atom stereocenters. The van der Waals surface area contributed by atoms with Gasteiger partial charge in [-0.3, -0.25) is 28.4 Å². The van der Waals surface area contributed by atoms with Crippen molar-refractivity contribution in [3.8, 4) is 5.75 Å². The van der Waals surface area contributed by atoms with E-state index in [1.807, 2.05) is 0 Å². The second-order valence-corrected chi connectivity index (χ2v) is 12.6. The Morgan fingerprint density at radius 2 is 1.70 bits per heavy atom. The van der Waals surface area contributed by atoms with Crippen LogP contribution in [0.1, 0.15) is 35.0 Å². The summed E-state index contributed by atoms with van der Waals surface area (Å²) in [6.45, 7) is 3.47. The third-order valence-electron chi connectivity index (χ3n) is 7.09. The number of phenolic OH excluding ortho intramolecular Hbond substituents is 1. The first-order valence-electron chi connectivity index (χ1n) is 13.9. The summed E-state index contributed by atoms with van der Waals surface area (Å²) in [5.41, 5.74) is 1.01. The number of hydrogen-bond acceptors (Lipinski definition) is 7. The third kappa shape index (κ3) is 6.71. The number of imide groups is 1. The van der Waals surface area contributed by atoms with Gasteiger partial charge in [0.15, 0.2) is 0 Å². The smallest absolute Gasteiger partial charge is 0.266 e. The van der Waals surface area contributed by atoms with Crippen LogP contribution in [0.15, 0.2) is 90.0 Å². The van der Waals surface area contributed by atoms with Gasteiger partial charge in [-0.25, -0.2) is 4.90 Å². The number of rotatable bonds is 9. The number of pyridine rings is 1. The topological polar surface area (TPSA) is 146 Å². The maximum Gasteiger partial charge on any atom is 0.266 e. The van der Waals surface area contributed by atoms with Crippen molar-refractivity contribution < 1.29 is 28.5 Å².